The van der Waals surface area contributed by atoms with Gasteiger partial charge in [-0.2, -0.15) is 13.2 Å². The molecule has 30 heavy (non-hydrogen) atoms. The zero-order valence-electron chi connectivity index (χ0n) is 16.9. The van der Waals surface area contributed by atoms with Crippen molar-refractivity contribution in [3.8, 4) is 0 Å². The van der Waals surface area contributed by atoms with E-state index in [0.29, 0.717) is 37.3 Å². The highest BCUT2D eigenvalue weighted by molar-refractivity contribution is 5.79. The van der Waals surface area contributed by atoms with Crippen LogP contribution in [0, 0.1) is 13.8 Å². The molecule has 1 fully saturated rings. The van der Waals surface area contributed by atoms with Gasteiger partial charge in [0.2, 0.25) is 11.8 Å². The lowest BCUT2D eigenvalue weighted by Gasteiger charge is -2.21. The molecule has 2 amide bonds. The zero-order valence-corrected chi connectivity index (χ0v) is 16.9. The van der Waals surface area contributed by atoms with E-state index in [1.807, 2.05) is 6.92 Å². The van der Waals surface area contributed by atoms with Gasteiger partial charge in [0, 0.05) is 24.6 Å². The fourth-order valence-corrected chi connectivity index (χ4v) is 3.59. The van der Waals surface area contributed by atoms with E-state index in [4.69, 9.17) is 4.52 Å². The van der Waals surface area contributed by atoms with E-state index in [9.17, 15) is 22.8 Å². The summed E-state index contributed by atoms with van der Waals surface area (Å²) in [6.45, 7) is 4.50. The predicted octanol–water partition coefficient (Wildman–Crippen LogP) is 3.55. The molecule has 0 bridgehead atoms. The number of rotatable bonds is 5. The summed E-state index contributed by atoms with van der Waals surface area (Å²) in [7, 11) is 0. The minimum Gasteiger partial charge on any atom is -0.361 e. The first-order valence-electron chi connectivity index (χ1n) is 9.78. The Morgan fingerprint density at radius 2 is 2.07 bits per heavy atom. The Morgan fingerprint density at radius 3 is 2.73 bits per heavy atom. The fraction of sp³-hybridized carbons (Fsp3) is 0.476. The number of likely N-dealkylation sites (tertiary alicyclic amines) is 1. The van der Waals surface area contributed by atoms with Gasteiger partial charge in [-0.05, 0) is 38.3 Å². The van der Waals surface area contributed by atoms with Gasteiger partial charge in [-0.15, -0.1) is 0 Å². The lowest BCUT2D eigenvalue weighted by Crippen LogP contribution is -2.36. The van der Waals surface area contributed by atoms with Gasteiger partial charge in [-0.25, -0.2) is 0 Å². The maximum absolute atomic E-state index is 12.8. The van der Waals surface area contributed by atoms with Crippen molar-refractivity contribution in [1.82, 2.24) is 15.4 Å². The lowest BCUT2D eigenvalue weighted by atomic mass is 10.1. The molecule has 1 N–H and O–H groups in total. The molecule has 0 spiro atoms. The van der Waals surface area contributed by atoms with Crippen LogP contribution in [0.25, 0.3) is 0 Å². The first-order chi connectivity index (χ1) is 14.1. The number of hydrogen-bond donors (Lipinski definition) is 1. The third-order valence-corrected chi connectivity index (χ3v) is 5.32. The Hall–Kier alpha value is -2.84. The van der Waals surface area contributed by atoms with Crippen molar-refractivity contribution < 1.29 is 27.3 Å². The van der Waals surface area contributed by atoms with Crippen LogP contribution in [-0.4, -0.2) is 34.5 Å². The van der Waals surface area contributed by atoms with Gasteiger partial charge < -0.3 is 14.7 Å². The van der Waals surface area contributed by atoms with Gasteiger partial charge in [0.05, 0.1) is 24.2 Å². The Balaban J connectivity index is 1.56. The van der Waals surface area contributed by atoms with E-state index >= 15 is 0 Å². The van der Waals surface area contributed by atoms with Crippen LogP contribution < -0.4 is 5.32 Å². The van der Waals surface area contributed by atoms with Crippen LogP contribution in [0.5, 0.6) is 0 Å². The summed E-state index contributed by atoms with van der Waals surface area (Å²) < 4.78 is 43.7. The summed E-state index contributed by atoms with van der Waals surface area (Å²) in [5.74, 6) is 0.311. The van der Waals surface area contributed by atoms with Gasteiger partial charge in [0.25, 0.3) is 0 Å². The standard InChI is InChI=1S/C21H24F3N3O3/c1-13-18(14(2)30-26-13)12-27-9-8-17(6-7-20(27)29)25-19(28)11-15-4-3-5-16(10-15)21(22,23)24/h3-5,10,17H,6-9,11-12H2,1-2H3,(H,25,28). The van der Waals surface area contributed by atoms with E-state index in [1.54, 1.807) is 11.8 Å². The van der Waals surface area contributed by atoms with Crippen LogP contribution in [0.4, 0.5) is 13.2 Å². The SMILES string of the molecule is Cc1noc(C)c1CN1CCC(NC(=O)Cc2cccc(C(F)(F)F)c2)CCC1=O. The monoisotopic (exact) mass is 423 g/mol. The molecule has 1 aromatic heterocycles. The number of alkyl halides is 3. The Morgan fingerprint density at radius 1 is 1.30 bits per heavy atom. The number of carbonyl (C=O) groups is 2. The summed E-state index contributed by atoms with van der Waals surface area (Å²) >= 11 is 0. The maximum atomic E-state index is 12.8. The molecule has 1 unspecified atom stereocenters. The van der Waals surface area contributed by atoms with Crippen molar-refractivity contribution >= 4 is 11.8 Å². The first-order valence-corrected chi connectivity index (χ1v) is 9.78. The third kappa shape index (κ3) is 5.40. The molecule has 6 nitrogen and oxygen atoms in total. The summed E-state index contributed by atoms with van der Waals surface area (Å²) in [6, 6.07) is 4.55. The molecule has 3 rings (SSSR count). The van der Waals surface area contributed by atoms with Crippen LogP contribution in [0.1, 0.15) is 47.4 Å². The van der Waals surface area contributed by atoms with Gasteiger partial charge >= 0.3 is 6.18 Å². The highest BCUT2D eigenvalue weighted by atomic mass is 19.4. The molecule has 9 heteroatoms. The first kappa shape index (κ1) is 21.9. The average Bonchev–Trinajstić information content (AvgIpc) is 2.88. The van der Waals surface area contributed by atoms with Gasteiger partial charge in [-0.3, -0.25) is 9.59 Å². The Labute approximate surface area is 172 Å². The number of aryl methyl sites for hydroxylation is 2. The van der Waals surface area contributed by atoms with Crippen molar-refractivity contribution in [2.45, 2.75) is 58.3 Å². The largest absolute Gasteiger partial charge is 0.416 e. The fourth-order valence-electron chi connectivity index (χ4n) is 3.59. The van der Waals surface area contributed by atoms with E-state index in [-0.39, 0.29) is 30.7 Å². The molecule has 2 heterocycles. The quantitative estimate of drug-likeness (QED) is 0.798. The Bertz CT molecular complexity index is 904. The van der Waals surface area contributed by atoms with Crippen LogP contribution in [0.3, 0.4) is 0 Å². The van der Waals surface area contributed by atoms with Crippen LogP contribution in [0.2, 0.25) is 0 Å². The van der Waals surface area contributed by atoms with Gasteiger partial charge in [0.1, 0.15) is 5.76 Å². The number of amides is 2. The molecular weight excluding hydrogens is 399 g/mol. The summed E-state index contributed by atoms with van der Waals surface area (Å²) in [5.41, 5.74) is 1.15. The van der Waals surface area contributed by atoms with E-state index in [1.165, 1.54) is 12.1 Å². The maximum Gasteiger partial charge on any atom is 0.416 e. The van der Waals surface area contributed by atoms with Crippen molar-refractivity contribution in [1.29, 1.82) is 0 Å². The minimum absolute atomic E-state index is 0.00960. The van der Waals surface area contributed by atoms with Crippen molar-refractivity contribution in [2.24, 2.45) is 0 Å². The Kier molecular flexibility index (Phi) is 6.48. The van der Waals surface area contributed by atoms with E-state index < -0.39 is 11.7 Å². The molecule has 162 valence electrons. The van der Waals surface area contributed by atoms with Crippen molar-refractivity contribution in [3.05, 3.63) is 52.4 Å². The molecule has 1 aromatic carbocycles. The normalized spacial score (nSPS) is 17.7. The number of nitrogens with one attached hydrogen (secondary N) is 1. The molecule has 2 aromatic rings. The molecule has 0 radical (unpaired) electrons. The molecule has 1 atom stereocenters. The highest BCUT2D eigenvalue weighted by Crippen LogP contribution is 2.29. The third-order valence-electron chi connectivity index (χ3n) is 5.32. The van der Waals surface area contributed by atoms with Crippen LogP contribution >= 0.6 is 0 Å². The number of carbonyl (C=O) groups excluding carboxylic acids is 2. The van der Waals surface area contributed by atoms with Crippen molar-refractivity contribution in [3.63, 3.8) is 0 Å². The number of halogens is 3. The minimum atomic E-state index is -4.45. The predicted molar refractivity (Wildman–Crippen MR) is 102 cm³/mol. The van der Waals surface area contributed by atoms with E-state index in [2.05, 4.69) is 10.5 Å². The molecular formula is C21H24F3N3O3. The van der Waals surface area contributed by atoms with E-state index in [0.717, 1.165) is 23.4 Å². The van der Waals surface area contributed by atoms with Crippen molar-refractivity contribution in [2.75, 3.05) is 6.54 Å². The smallest absolute Gasteiger partial charge is 0.361 e. The number of aromatic nitrogens is 1. The molecule has 1 saturated heterocycles. The van der Waals surface area contributed by atoms with Crippen LogP contribution in [0.15, 0.2) is 28.8 Å². The topological polar surface area (TPSA) is 75.4 Å². The molecule has 1 aliphatic heterocycles. The number of nitrogens with zero attached hydrogens (tertiary/aromatic N) is 2. The molecule has 0 saturated carbocycles. The van der Waals surface area contributed by atoms with Gasteiger partial charge in [-0.1, -0.05) is 23.4 Å². The summed E-state index contributed by atoms with van der Waals surface area (Å²) in [5, 5.41) is 6.76. The zero-order chi connectivity index (χ0) is 21.9. The molecule has 1 aliphatic rings. The number of hydrogen-bond acceptors (Lipinski definition) is 4. The number of benzene rings is 1. The van der Waals surface area contributed by atoms with Gasteiger partial charge in [0.15, 0.2) is 0 Å². The summed E-state index contributed by atoms with van der Waals surface area (Å²) in [4.78, 5) is 26.6. The second kappa shape index (κ2) is 8.89. The summed E-state index contributed by atoms with van der Waals surface area (Å²) in [6.07, 6.45) is -3.23. The highest BCUT2D eigenvalue weighted by Gasteiger charge is 2.30. The molecule has 0 aliphatic carbocycles. The average molecular weight is 423 g/mol. The lowest BCUT2D eigenvalue weighted by molar-refractivity contribution is -0.137. The van der Waals surface area contributed by atoms with Crippen LogP contribution in [-0.2, 0) is 28.7 Å². The second-order valence-corrected chi connectivity index (χ2v) is 7.58. The second-order valence-electron chi connectivity index (χ2n) is 7.58.